The van der Waals surface area contributed by atoms with Crippen LogP contribution in [0.4, 0.5) is 0 Å². The normalized spacial score (nSPS) is 21.5. The molecule has 22 heavy (non-hydrogen) atoms. The first-order chi connectivity index (χ1) is 10.0. The van der Waals surface area contributed by atoms with Crippen LogP contribution in [-0.2, 0) is 14.9 Å². The van der Waals surface area contributed by atoms with Gasteiger partial charge >= 0.3 is 0 Å². The lowest BCUT2D eigenvalue weighted by Crippen LogP contribution is -2.50. The number of ether oxygens (including phenoxy) is 1. The molecule has 1 aliphatic carbocycles. The molecule has 122 valence electrons. The van der Waals surface area contributed by atoms with E-state index in [2.05, 4.69) is 17.4 Å². The Hall–Kier alpha value is -0.810. The number of benzene rings is 1. The van der Waals surface area contributed by atoms with E-state index in [1.807, 2.05) is 12.1 Å². The summed E-state index contributed by atoms with van der Waals surface area (Å²) in [5, 5.41) is 3.78. The molecule has 0 spiro atoms. The summed E-state index contributed by atoms with van der Waals surface area (Å²) < 4.78 is 5.49. The van der Waals surface area contributed by atoms with E-state index in [1.165, 1.54) is 5.56 Å². The summed E-state index contributed by atoms with van der Waals surface area (Å²) in [7, 11) is 0. The van der Waals surface area contributed by atoms with Crippen LogP contribution < -0.4 is 11.1 Å². The maximum absolute atomic E-state index is 12.1. The smallest absolute Gasteiger partial charge is 0.240 e. The molecule has 1 aromatic rings. The van der Waals surface area contributed by atoms with Gasteiger partial charge in [0.05, 0.1) is 5.54 Å². The van der Waals surface area contributed by atoms with Crippen molar-refractivity contribution in [3.8, 4) is 0 Å². The third-order valence-electron chi connectivity index (χ3n) is 4.73. The highest BCUT2D eigenvalue weighted by Gasteiger charge is 2.46. The topological polar surface area (TPSA) is 64.4 Å². The van der Waals surface area contributed by atoms with E-state index < -0.39 is 5.54 Å². The lowest BCUT2D eigenvalue weighted by molar-refractivity contribution is -0.123. The van der Waals surface area contributed by atoms with Gasteiger partial charge < -0.3 is 15.8 Å². The van der Waals surface area contributed by atoms with Crippen LogP contribution in [0.1, 0.15) is 31.2 Å². The first-order valence-corrected chi connectivity index (χ1v) is 7.83. The summed E-state index contributed by atoms with van der Waals surface area (Å²) in [5.41, 5.74) is 6.46. The molecule has 1 aromatic carbocycles. The second-order valence-electron chi connectivity index (χ2n) is 6.24. The van der Waals surface area contributed by atoms with Crippen molar-refractivity contribution in [2.75, 3.05) is 19.8 Å². The molecule has 0 radical (unpaired) electrons. The summed E-state index contributed by atoms with van der Waals surface area (Å²) in [6.45, 7) is 2.04. The molecule has 1 saturated carbocycles. The Morgan fingerprint density at radius 1 is 1.18 bits per heavy atom. The summed E-state index contributed by atoms with van der Waals surface area (Å²) in [6, 6.07) is 7.91. The predicted molar refractivity (Wildman–Crippen MR) is 89.6 cm³/mol. The Kier molecular flexibility index (Phi) is 5.38. The van der Waals surface area contributed by atoms with E-state index in [1.54, 1.807) is 0 Å². The maximum atomic E-state index is 12.1. The molecule has 2 aliphatic rings. The van der Waals surface area contributed by atoms with Crippen molar-refractivity contribution in [3.05, 3.63) is 34.9 Å². The zero-order chi connectivity index (χ0) is 14.9. The quantitative estimate of drug-likeness (QED) is 0.881. The Balaban J connectivity index is 0.00000176. The fraction of sp³-hybridized carbons (Fsp3) is 0.562. The van der Waals surface area contributed by atoms with Crippen LogP contribution in [0.2, 0.25) is 5.02 Å². The van der Waals surface area contributed by atoms with Crippen LogP contribution in [0, 0.1) is 0 Å². The van der Waals surface area contributed by atoms with E-state index in [0.29, 0.717) is 19.8 Å². The van der Waals surface area contributed by atoms with Gasteiger partial charge in [-0.25, -0.2) is 0 Å². The Morgan fingerprint density at radius 2 is 1.77 bits per heavy atom. The number of halogens is 2. The van der Waals surface area contributed by atoms with Crippen LogP contribution in [0.25, 0.3) is 0 Å². The zero-order valence-electron chi connectivity index (χ0n) is 12.4. The van der Waals surface area contributed by atoms with Crippen molar-refractivity contribution >= 4 is 29.9 Å². The molecule has 0 unspecified atom stereocenters. The highest BCUT2D eigenvalue weighted by atomic mass is 35.5. The molecule has 3 N–H and O–H groups in total. The number of carbonyl (C=O) groups excluding carboxylic acids is 1. The molecule has 0 aromatic heterocycles. The summed E-state index contributed by atoms with van der Waals surface area (Å²) >= 11 is 5.98. The first-order valence-electron chi connectivity index (χ1n) is 7.45. The van der Waals surface area contributed by atoms with Crippen molar-refractivity contribution < 1.29 is 9.53 Å². The van der Waals surface area contributed by atoms with Gasteiger partial charge in [-0.05, 0) is 43.4 Å². The van der Waals surface area contributed by atoms with Crippen LogP contribution in [0.3, 0.4) is 0 Å². The van der Waals surface area contributed by atoms with E-state index >= 15 is 0 Å². The van der Waals surface area contributed by atoms with Crippen LogP contribution >= 0.6 is 24.0 Å². The Labute approximate surface area is 142 Å². The highest BCUT2D eigenvalue weighted by Crippen LogP contribution is 2.36. The van der Waals surface area contributed by atoms with Crippen LogP contribution in [-0.4, -0.2) is 31.2 Å². The Bertz CT molecular complexity index is 523. The van der Waals surface area contributed by atoms with Crippen molar-refractivity contribution in [1.29, 1.82) is 0 Å². The third-order valence-corrected chi connectivity index (χ3v) is 4.99. The number of rotatable bonds is 4. The third kappa shape index (κ3) is 3.57. The number of nitrogens with two attached hydrogens (primary N) is 1. The molecule has 1 amide bonds. The van der Waals surface area contributed by atoms with Gasteiger partial charge in [0.1, 0.15) is 0 Å². The van der Waals surface area contributed by atoms with Crippen molar-refractivity contribution in [2.45, 2.75) is 36.6 Å². The number of hydrogen-bond donors (Lipinski definition) is 2. The molecule has 0 bridgehead atoms. The average molecular weight is 345 g/mol. The molecular formula is C16H22Cl2N2O2. The van der Waals surface area contributed by atoms with Gasteiger partial charge in [-0.1, -0.05) is 23.7 Å². The minimum absolute atomic E-state index is 0. The van der Waals surface area contributed by atoms with Gasteiger partial charge in [0.15, 0.2) is 0 Å². The number of carbonyl (C=O) groups is 1. The van der Waals surface area contributed by atoms with Crippen molar-refractivity contribution in [1.82, 2.24) is 5.32 Å². The van der Waals surface area contributed by atoms with Gasteiger partial charge in [0, 0.05) is 30.2 Å². The second-order valence-corrected chi connectivity index (χ2v) is 6.67. The van der Waals surface area contributed by atoms with Crippen LogP contribution in [0.5, 0.6) is 0 Å². The van der Waals surface area contributed by atoms with Gasteiger partial charge in [0.25, 0.3) is 0 Å². The maximum Gasteiger partial charge on any atom is 0.240 e. The fourth-order valence-corrected chi connectivity index (χ4v) is 3.05. The number of amides is 1. The number of nitrogens with one attached hydrogen (secondary N) is 1. The highest BCUT2D eigenvalue weighted by molar-refractivity contribution is 6.30. The molecule has 1 heterocycles. The van der Waals surface area contributed by atoms with Gasteiger partial charge in [-0.15, -0.1) is 12.4 Å². The van der Waals surface area contributed by atoms with Crippen LogP contribution in [0.15, 0.2) is 24.3 Å². The minimum Gasteiger partial charge on any atom is -0.381 e. The minimum atomic E-state index is -0.619. The Morgan fingerprint density at radius 3 is 2.32 bits per heavy atom. The fourth-order valence-electron chi connectivity index (χ4n) is 2.92. The summed E-state index contributed by atoms with van der Waals surface area (Å²) in [6.07, 6.45) is 3.37. The van der Waals surface area contributed by atoms with E-state index in [9.17, 15) is 4.79 Å². The molecular weight excluding hydrogens is 323 g/mol. The lowest BCUT2D eigenvalue weighted by Gasteiger charge is -2.38. The number of hydrogen-bond acceptors (Lipinski definition) is 3. The molecule has 2 fully saturated rings. The molecule has 0 atom stereocenters. The lowest BCUT2D eigenvalue weighted by atomic mass is 9.74. The first kappa shape index (κ1) is 17.5. The summed E-state index contributed by atoms with van der Waals surface area (Å²) in [4.78, 5) is 12.1. The monoisotopic (exact) mass is 344 g/mol. The SMILES string of the molecule is Cl.NC1(C(=O)NCC2(c3ccc(Cl)cc3)CCOCC2)CC1. The zero-order valence-corrected chi connectivity index (χ0v) is 14.0. The van der Waals surface area contributed by atoms with E-state index in [0.717, 1.165) is 30.7 Å². The molecule has 3 rings (SSSR count). The van der Waals surface area contributed by atoms with Crippen molar-refractivity contribution in [3.63, 3.8) is 0 Å². The second kappa shape index (κ2) is 6.75. The van der Waals surface area contributed by atoms with Gasteiger partial charge in [-0.2, -0.15) is 0 Å². The van der Waals surface area contributed by atoms with Gasteiger partial charge in [-0.3, -0.25) is 4.79 Å². The largest absolute Gasteiger partial charge is 0.381 e. The summed E-state index contributed by atoms with van der Waals surface area (Å²) in [5.74, 6) is -0.0256. The average Bonchev–Trinajstić information content (AvgIpc) is 3.25. The molecule has 1 saturated heterocycles. The molecule has 6 heteroatoms. The van der Waals surface area contributed by atoms with E-state index in [4.69, 9.17) is 22.1 Å². The standard InChI is InChI=1S/C16H21ClN2O2.ClH/c17-13-3-1-12(2-4-13)15(7-9-21-10-8-15)11-19-14(20)16(18)5-6-16;/h1-4H,5-11,18H2,(H,19,20);1H. The molecule has 4 nitrogen and oxygen atoms in total. The van der Waals surface area contributed by atoms with Crippen molar-refractivity contribution in [2.24, 2.45) is 5.73 Å². The predicted octanol–water partition coefficient (Wildman–Crippen LogP) is 2.42. The van der Waals surface area contributed by atoms with E-state index in [-0.39, 0.29) is 23.7 Å². The van der Waals surface area contributed by atoms with Gasteiger partial charge in [0.2, 0.25) is 5.91 Å². The molecule has 1 aliphatic heterocycles.